The van der Waals surface area contributed by atoms with Crippen LogP contribution in [0.3, 0.4) is 0 Å². The van der Waals surface area contributed by atoms with Crippen molar-refractivity contribution in [1.82, 2.24) is 5.32 Å². The van der Waals surface area contributed by atoms with Gasteiger partial charge in [0.25, 0.3) is 0 Å². The van der Waals surface area contributed by atoms with Crippen LogP contribution in [0.4, 0.5) is 0 Å². The number of hydrogen-bond acceptors (Lipinski definition) is 2. The summed E-state index contributed by atoms with van der Waals surface area (Å²) in [5.74, 6) is 1.53. The van der Waals surface area contributed by atoms with Crippen molar-refractivity contribution in [2.75, 3.05) is 5.75 Å². The lowest BCUT2D eigenvalue weighted by Crippen LogP contribution is -2.29. The summed E-state index contributed by atoms with van der Waals surface area (Å²) in [6.45, 7) is 4.27. The van der Waals surface area contributed by atoms with Crippen molar-refractivity contribution in [1.29, 1.82) is 0 Å². The molecule has 2 aromatic carbocycles. The second-order valence-corrected chi connectivity index (χ2v) is 8.17. The molecule has 0 heterocycles. The first-order valence-electron chi connectivity index (χ1n) is 9.70. The Morgan fingerprint density at radius 3 is 2.65 bits per heavy atom. The van der Waals surface area contributed by atoms with Crippen molar-refractivity contribution >= 4 is 17.7 Å². The Labute approximate surface area is 161 Å². The molecule has 1 atom stereocenters. The third-order valence-electron chi connectivity index (χ3n) is 5.27. The van der Waals surface area contributed by atoms with Crippen LogP contribution in [-0.4, -0.2) is 11.7 Å². The Morgan fingerprint density at radius 1 is 1.12 bits per heavy atom. The maximum absolute atomic E-state index is 12.4. The van der Waals surface area contributed by atoms with E-state index in [1.165, 1.54) is 53.5 Å². The average Bonchev–Trinajstić information content (AvgIpc) is 2.67. The number of hydrogen-bond donors (Lipinski definition) is 1. The van der Waals surface area contributed by atoms with Gasteiger partial charge in [0, 0.05) is 5.75 Å². The highest BCUT2D eigenvalue weighted by molar-refractivity contribution is 7.99. The molecule has 0 fully saturated rings. The lowest BCUT2D eigenvalue weighted by atomic mass is 9.89. The number of benzene rings is 2. The summed E-state index contributed by atoms with van der Waals surface area (Å²) in [6, 6.07) is 15.3. The molecular formula is C23H29NOS. The van der Waals surface area contributed by atoms with Gasteiger partial charge in [-0.05, 0) is 66.8 Å². The molecule has 1 aliphatic carbocycles. The van der Waals surface area contributed by atoms with Gasteiger partial charge in [-0.3, -0.25) is 4.79 Å². The van der Waals surface area contributed by atoms with Gasteiger partial charge in [-0.1, -0.05) is 49.4 Å². The van der Waals surface area contributed by atoms with Crippen LogP contribution in [0.15, 0.2) is 42.5 Å². The van der Waals surface area contributed by atoms with E-state index < -0.39 is 0 Å². The van der Waals surface area contributed by atoms with Gasteiger partial charge in [0.2, 0.25) is 5.91 Å². The smallest absolute Gasteiger partial charge is 0.230 e. The first kappa shape index (κ1) is 19.0. The fourth-order valence-electron chi connectivity index (χ4n) is 3.65. The highest BCUT2D eigenvalue weighted by Crippen LogP contribution is 2.26. The summed E-state index contributed by atoms with van der Waals surface area (Å²) in [5.41, 5.74) is 6.84. The Hall–Kier alpha value is -1.74. The van der Waals surface area contributed by atoms with Gasteiger partial charge in [-0.15, -0.1) is 11.8 Å². The van der Waals surface area contributed by atoms with Gasteiger partial charge in [-0.25, -0.2) is 0 Å². The minimum absolute atomic E-state index is 0.119. The molecule has 0 spiro atoms. The van der Waals surface area contributed by atoms with Gasteiger partial charge in [0.1, 0.15) is 0 Å². The fourth-order valence-corrected chi connectivity index (χ4v) is 4.57. The van der Waals surface area contributed by atoms with Crippen molar-refractivity contribution in [2.45, 2.75) is 57.7 Å². The van der Waals surface area contributed by atoms with Crippen LogP contribution >= 0.6 is 11.8 Å². The predicted molar refractivity (Wildman–Crippen MR) is 112 cm³/mol. The molecule has 3 heteroatoms. The van der Waals surface area contributed by atoms with Crippen molar-refractivity contribution in [3.63, 3.8) is 0 Å². The standard InChI is InChI=1S/C23H29NOS/c1-3-22(20-13-12-18-9-6-7-10-19(18)14-20)24-23(25)16-26-15-21-11-5-4-8-17(21)2/h4-5,8,11-14,22H,3,6-7,9-10,15-16H2,1-2H3,(H,24,25)/t22-/m0/s1. The molecule has 0 aromatic heterocycles. The van der Waals surface area contributed by atoms with Crippen LogP contribution in [0, 0.1) is 6.92 Å². The monoisotopic (exact) mass is 367 g/mol. The molecule has 26 heavy (non-hydrogen) atoms. The van der Waals surface area contributed by atoms with E-state index in [0.717, 1.165) is 12.2 Å². The van der Waals surface area contributed by atoms with Crippen LogP contribution in [-0.2, 0) is 23.4 Å². The van der Waals surface area contributed by atoms with Gasteiger partial charge < -0.3 is 5.32 Å². The highest BCUT2D eigenvalue weighted by Gasteiger charge is 2.16. The van der Waals surface area contributed by atoms with Gasteiger partial charge >= 0.3 is 0 Å². The molecule has 0 unspecified atom stereocenters. The second kappa shape index (κ2) is 9.27. The number of nitrogens with one attached hydrogen (secondary N) is 1. The molecule has 1 amide bonds. The molecule has 0 saturated heterocycles. The summed E-state index contributed by atoms with van der Waals surface area (Å²) < 4.78 is 0. The topological polar surface area (TPSA) is 29.1 Å². The van der Waals surface area contributed by atoms with E-state index in [2.05, 4.69) is 61.6 Å². The van der Waals surface area contributed by atoms with E-state index in [0.29, 0.717) is 5.75 Å². The summed E-state index contributed by atoms with van der Waals surface area (Å²) in [5, 5.41) is 3.23. The maximum atomic E-state index is 12.4. The van der Waals surface area contributed by atoms with Crippen LogP contribution in [0.5, 0.6) is 0 Å². The van der Waals surface area contributed by atoms with E-state index in [1.807, 2.05) is 0 Å². The number of fused-ring (bicyclic) bond motifs is 1. The lowest BCUT2D eigenvalue weighted by molar-refractivity contribution is -0.119. The van der Waals surface area contributed by atoms with Crippen molar-refractivity contribution in [3.05, 3.63) is 70.3 Å². The molecule has 1 N–H and O–H groups in total. The molecule has 1 aliphatic rings. The minimum atomic E-state index is 0.119. The Bertz CT molecular complexity index is 756. The Balaban J connectivity index is 1.54. The number of carbonyl (C=O) groups excluding carboxylic acids is 1. The zero-order valence-electron chi connectivity index (χ0n) is 15.9. The van der Waals surface area contributed by atoms with Crippen LogP contribution in [0.25, 0.3) is 0 Å². The maximum Gasteiger partial charge on any atom is 0.230 e. The zero-order chi connectivity index (χ0) is 18.4. The molecule has 0 bridgehead atoms. The van der Waals surface area contributed by atoms with E-state index in [1.54, 1.807) is 11.8 Å². The number of aryl methyl sites for hydroxylation is 3. The van der Waals surface area contributed by atoms with Gasteiger partial charge in [0.15, 0.2) is 0 Å². The van der Waals surface area contributed by atoms with Crippen LogP contribution in [0.1, 0.15) is 60.0 Å². The Morgan fingerprint density at radius 2 is 1.88 bits per heavy atom. The van der Waals surface area contributed by atoms with Crippen LogP contribution in [0.2, 0.25) is 0 Å². The van der Waals surface area contributed by atoms with Crippen LogP contribution < -0.4 is 5.32 Å². The third-order valence-corrected chi connectivity index (χ3v) is 6.25. The summed E-state index contributed by atoms with van der Waals surface area (Å²) >= 11 is 1.69. The zero-order valence-corrected chi connectivity index (χ0v) is 16.7. The van der Waals surface area contributed by atoms with Crippen molar-refractivity contribution in [3.8, 4) is 0 Å². The number of carbonyl (C=O) groups is 1. The number of rotatable bonds is 7. The number of thioether (sulfide) groups is 1. The average molecular weight is 368 g/mol. The quantitative estimate of drug-likeness (QED) is 0.712. The molecular weight excluding hydrogens is 338 g/mol. The summed E-state index contributed by atoms with van der Waals surface area (Å²) in [6.07, 6.45) is 5.90. The lowest BCUT2D eigenvalue weighted by Gasteiger charge is -2.21. The molecule has 3 rings (SSSR count). The predicted octanol–water partition coefficient (Wildman–Crippen LogP) is 5.37. The van der Waals surface area contributed by atoms with Gasteiger partial charge in [0.05, 0.1) is 11.8 Å². The SMILES string of the molecule is CC[C@H](NC(=O)CSCc1ccccc1C)c1ccc2c(c1)CCCC2. The first-order valence-corrected chi connectivity index (χ1v) is 10.9. The first-order chi connectivity index (χ1) is 12.7. The minimum Gasteiger partial charge on any atom is -0.349 e. The van der Waals surface area contributed by atoms with E-state index >= 15 is 0 Å². The molecule has 2 aromatic rings. The largest absolute Gasteiger partial charge is 0.349 e. The molecule has 0 saturated carbocycles. The summed E-state index contributed by atoms with van der Waals surface area (Å²) in [4.78, 5) is 12.4. The third kappa shape index (κ3) is 4.91. The summed E-state index contributed by atoms with van der Waals surface area (Å²) in [7, 11) is 0. The molecule has 0 aliphatic heterocycles. The normalized spacial score (nSPS) is 14.5. The second-order valence-electron chi connectivity index (χ2n) is 7.18. The van der Waals surface area contributed by atoms with Crippen molar-refractivity contribution < 1.29 is 4.79 Å². The molecule has 138 valence electrons. The van der Waals surface area contributed by atoms with E-state index in [4.69, 9.17) is 0 Å². The molecule has 2 nitrogen and oxygen atoms in total. The number of amides is 1. The van der Waals surface area contributed by atoms with Gasteiger partial charge in [-0.2, -0.15) is 0 Å². The highest BCUT2D eigenvalue weighted by atomic mass is 32.2. The Kier molecular flexibility index (Phi) is 6.79. The van der Waals surface area contributed by atoms with E-state index in [-0.39, 0.29) is 11.9 Å². The van der Waals surface area contributed by atoms with Crippen molar-refractivity contribution in [2.24, 2.45) is 0 Å². The molecule has 0 radical (unpaired) electrons. The van der Waals surface area contributed by atoms with E-state index in [9.17, 15) is 4.79 Å². The fraction of sp³-hybridized carbons (Fsp3) is 0.435.